The standard InChI is InChI=1S/C19H21N3O4.ClH/c1-3-22(4-2)19(24)13-7-5-12(6-8-13)18(23)21-15-10-17-16(9-14(15)20)25-11-26-17;/h5-10H,3-4,11,20H2,1-2H3,(H,21,23);1H. The van der Waals surface area contributed by atoms with Gasteiger partial charge in [0.15, 0.2) is 11.5 Å². The molecular formula is C19H22ClN3O4. The highest BCUT2D eigenvalue weighted by atomic mass is 35.5. The number of hydrogen-bond donors (Lipinski definition) is 2. The van der Waals surface area contributed by atoms with Crippen LogP contribution < -0.4 is 20.5 Å². The van der Waals surface area contributed by atoms with Gasteiger partial charge in [-0.3, -0.25) is 9.59 Å². The number of anilines is 2. The molecule has 0 unspecified atom stereocenters. The predicted molar refractivity (Wildman–Crippen MR) is 106 cm³/mol. The number of amides is 2. The Morgan fingerprint density at radius 3 is 2.19 bits per heavy atom. The van der Waals surface area contributed by atoms with Gasteiger partial charge in [-0.2, -0.15) is 0 Å². The van der Waals surface area contributed by atoms with Crippen LogP contribution in [0.4, 0.5) is 11.4 Å². The predicted octanol–water partition coefficient (Wildman–Crippen LogP) is 3.15. The molecule has 0 bridgehead atoms. The van der Waals surface area contributed by atoms with Crippen LogP contribution in [0.15, 0.2) is 36.4 Å². The van der Waals surface area contributed by atoms with Gasteiger partial charge in [0.05, 0.1) is 11.4 Å². The fourth-order valence-electron chi connectivity index (χ4n) is 2.72. The van der Waals surface area contributed by atoms with Crippen molar-refractivity contribution in [1.82, 2.24) is 4.90 Å². The highest BCUT2D eigenvalue weighted by Gasteiger charge is 2.18. The Balaban J connectivity index is 0.00000261. The van der Waals surface area contributed by atoms with Crippen molar-refractivity contribution in [2.45, 2.75) is 13.8 Å². The van der Waals surface area contributed by atoms with Crippen molar-refractivity contribution in [2.24, 2.45) is 0 Å². The zero-order chi connectivity index (χ0) is 18.7. The molecule has 2 amide bonds. The topological polar surface area (TPSA) is 93.9 Å². The normalized spacial score (nSPS) is 11.5. The molecule has 0 saturated heterocycles. The summed E-state index contributed by atoms with van der Waals surface area (Å²) in [5.74, 6) is 0.716. The molecule has 144 valence electrons. The van der Waals surface area contributed by atoms with E-state index in [1.165, 1.54) is 0 Å². The first-order valence-electron chi connectivity index (χ1n) is 8.43. The van der Waals surface area contributed by atoms with Crippen LogP contribution in [0.2, 0.25) is 0 Å². The summed E-state index contributed by atoms with van der Waals surface area (Å²) in [4.78, 5) is 26.5. The van der Waals surface area contributed by atoms with Crippen LogP contribution in [0.5, 0.6) is 11.5 Å². The van der Waals surface area contributed by atoms with Crippen LogP contribution in [-0.4, -0.2) is 36.6 Å². The van der Waals surface area contributed by atoms with E-state index >= 15 is 0 Å². The van der Waals surface area contributed by atoms with E-state index in [0.29, 0.717) is 47.1 Å². The Kier molecular flexibility index (Phi) is 6.52. The first kappa shape index (κ1) is 20.4. The van der Waals surface area contributed by atoms with Gasteiger partial charge in [0.1, 0.15) is 0 Å². The first-order chi connectivity index (χ1) is 12.5. The zero-order valence-corrected chi connectivity index (χ0v) is 16.0. The highest BCUT2D eigenvalue weighted by molar-refractivity contribution is 6.06. The van der Waals surface area contributed by atoms with E-state index in [9.17, 15) is 9.59 Å². The minimum atomic E-state index is -0.322. The molecule has 1 heterocycles. The maximum atomic E-state index is 12.5. The first-order valence-corrected chi connectivity index (χ1v) is 8.43. The van der Waals surface area contributed by atoms with Crippen LogP contribution in [0.1, 0.15) is 34.6 Å². The highest BCUT2D eigenvalue weighted by Crippen LogP contribution is 2.38. The van der Waals surface area contributed by atoms with Gasteiger partial charge in [-0.15, -0.1) is 12.4 Å². The number of hydrogen-bond acceptors (Lipinski definition) is 5. The van der Waals surface area contributed by atoms with E-state index in [0.717, 1.165) is 0 Å². The Morgan fingerprint density at radius 1 is 1.04 bits per heavy atom. The summed E-state index contributed by atoms with van der Waals surface area (Å²) in [6.07, 6.45) is 0. The number of nitrogen functional groups attached to an aromatic ring is 1. The van der Waals surface area contributed by atoms with Crippen molar-refractivity contribution in [3.63, 3.8) is 0 Å². The molecular weight excluding hydrogens is 370 g/mol. The smallest absolute Gasteiger partial charge is 0.255 e. The number of benzene rings is 2. The Bertz CT molecular complexity index is 836. The Hall–Kier alpha value is -2.93. The van der Waals surface area contributed by atoms with E-state index < -0.39 is 0 Å². The van der Waals surface area contributed by atoms with Crippen LogP contribution in [-0.2, 0) is 0 Å². The van der Waals surface area contributed by atoms with Crippen LogP contribution in [0.3, 0.4) is 0 Å². The second-order valence-corrected chi connectivity index (χ2v) is 5.80. The van der Waals surface area contributed by atoms with Crippen molar-refractivity contribution < 1.29 is 19.1 Å². The Morgan fingerprint density at radius 2 is 1.59 bits per heavy atom. The van der Waals surface area contributed by atoms with Crippen molar-refractivity contribution in [1.29, 1.82) is 0 Å². The van der Waals surface area contributed by atoms with Gasteiger partial charge in [-0.25, -0.2) is 0 Å². The van der Waals surface area contributed by atoms with E-state index in [-0.39, 0.29) is 31.0 Å². The lowest BCUT2D eigenvalue weighted by Gasteiger charge is -2.18. The summed E-state index contributed by atoms with van der Waals surface area (Å²) in [6.45, 7) is 5.27. The maximum absolute atomic E-state index is 12.5. The lowest BCUT2D eigenvalue weighted by Crippen LogP contribution is -2.30. The summed E-state index contributed by atoms with van der Waals surface area (Å²) < 4.78 is 10.5. The number of halogens is 1. The lowest BCUT2D eigenvalue weighted by molar-refractivity contribution is 0.0772. The summed E-state index contributed by atoms with van der Waals surface area (Å²) in [6, 6.07) is 9.79. The summed E-state index contributed by atoms with van der Waals surface area (Å²) in [5.41, 5.74) is 7.76. The molecule has 0 radical (unpaired) electrons. The molecule has 0 fully saturated rings. The zero-order valence-electron chi connectivity index (χ0n) is 15.2. The molecule has 0 saturated carbocycles. The third-order valence-electron chi connectivity index (χ3n) is 4.24. The largest absolute Gasteiger partial charge is 0.454 e. The van der Waals surface area contributed by atoms with E-state index in [2.05, 4.69) is 5.32 Å². The number of nitrogens with two attached hydrogens (primary N) is 1. The molecule has 0 spiro atoms. The van der Waals surface area contributed by atoms with Crippen LogP contribution >= 0.6 is 12.4 Å². The molecule has 0 aliphatic carbocycles. The SMILES string of the molecule is CCN(CC)C(=O)c1ccc(C(=O)Nc2cc3c(cc2N)OCO3)cc1.Cl. The monoisotopic (exact) mass is 391 g/mol. The molecule has 3 N–H and O–H groups in total. The molecule has 1 aliphatic rings. The van der Waals surface area contributed by atoms with Gasteiger partial charge in [-0.05, 0) is 38.1 Å². The maximum Gasteiger partial charge on any atom is 0.255 e. The summed E-state index contributed by atoms with van der Waals surface area (Å²) in [7, 11) is 0. The summed E-state index contributed by atoms with van der Waals surface area (Å²) in [5, 5.41) is 2.76. The molecule has 0 atom stereocenters. The van der Waals surface area contributed by atoms with Gasteiger partial charge in [0, 0.05) is 36.3 Å². The molecule has 1 aliphatic heterocycles. The number of nitrogens with one attached hydrogen (secondary N) is 1. The van der Waals surface area contributed by atoms with Crippen molar-refractivity contribution in [3.05, 3.63) is 47.5 Å². The quantitative estimate of drug-likeness (QED) is 0.763. The van der Waals surface area contributed by atoms with Crippen molar-refractivity contribution >= 4 is 35.6 Å². The number of carbonyl (C=O) groups excluding carboxylic acids is 2. The molecule has 7 nitrogen and oxygen atoms in total. The number of rotatable bonds is 5. The third kappa shape index (κ3) is 4.25. The van der Waals surface area contributed by atoms with Crippen LogP contribution in [0.25, 0.3) is 0 Å². The minimum absolute atomic E-state index is 0. The van der Waals surface area contributed by atoms with Gasteiger partial charge in [-0.1, -0.05) is 0 Å². The second kappa shape index (κ2) is 8.64. The van der Waals surface area contributed by atoms with Gasteiger partial charge >= 0.3 is 0 Å². The number of carbonyl (C=O) groups is 2. The van der Waals surface area contributed by atoms with Gasteiger partial charge in [0.2, 0.25) is 6.79 Å². The van der Waals surface area contributed by atoms with E-state index in [4.69, 9.17) is 15.2 Å². The molecule has 27 heavy (non-hydrogen) atoms. The average molecular weight is 392 g/mol. The minimum Gasteiger partial charge on any atom is -0.454 e. The molecule has 8 heteroatoms. The van der Waals surface area contributed by atoms with E-state index in [1.807, 2.05) is 13.8 Å². The van der Waals surface area contributed by atoms with Crippen LogP contribution in [0, 0.1) is 0 Å². The summed E-state index contributed by atoms with van der Waals surface area (Å²) >= 11 is 0. The average Bonchev–Trinajstić information content (AvgIpc) is 3.10. The third-order valence-corrected chi connectivity index (χ3v) is 4.24. The molecule has 2 aromatic carbocycles. The van der Waals surface area contributed by atoms with E-state index in [1.54, 1.807) is 41.3 Å². The van der Waals surface area contributed by atoms with Crippen molar-refractivity contribution in [3.8, 4) is 11.5 Å². The Labute approximate surface area is 163 Å². The fourth-order valence-corrected chi connectivity index (χ4v) is 2.72. The molecule has 0 aromatic heterocycles. The van der Waals surface area contributed by atoms with Gasteiger partial charge < -0.3 is 25.4 Å². The number of nitrogens with zero attached hydrogens (tertiary/aromatic N) is 1. The van der Waals surface area contributed by atoms with Gasteiger partial charge in [0.25, 0.3) is 11.8 Å². The molecule has 3 rings (SSSR count). The second-order valence-electron chi connectivity index (χ2n) is 5.80. The number of fused-ring (bicyclic) bond motifs is 1. The van der Waals surface area contributed by atoms with Crippen molar-refractivity contribution in [2.75, 3.05) is 30.9 Å². The fraction of sp³-hybridized carbons (Fsp3) is 0.263. The molecule has 2 aromatic rings. The lowest BCUT2D eigenvalue weighted by atomic mass is 10.1. The number of ether oxygens (including phenoxy) is 2.